The Balaban J connectivity index is 1.84. The van der Waals surface area contributed by atoms with Crippen LogP contribution < -0.4 is 10.1 Å². The van der Waals surface area contributed by atoms with Gasteiger partial charge in [0.1, 0.15) is 5.75 Å². The lowest BCUT2D eigenvalue weighted by Gasteiger charge is -2.38. The number of allylic oxidation sites excluding steroid dienone is 2. The predicted octanol–water partition coefficient (Wildman–Crippen LogP) is 5.08. The van der Waals surface area contributed by atoms with Gasteiger partial charge >= 0.3 is 0 Å². The molecular weight excluding hydrogens is 340 g/mol. The molecule has 4 rings (SSSR count). The summed E-state index contributed by atoms with van der Waals surface area (Å²) in [5.74, 6) is 0.938. The number of hydrogen-bond acceptors (Lipinski definition) is 4. The second kappa shape index (κ2) is 6.08. The van der Waals surface area contributed by atoms with Gasteiger partial charge in [-0.1, -0.05) is 35.9 Å². The molecule has 0 radical (unpaired) electrons. The highest BCUT2D eigenvalue weighted by Crippen LogP contribution is 2.53. The van der Waals surface area contributed by atoms with Crippen molar-refractivity contribution in [1.82, 2.24) is 0 Å². The third-order valence-electron chi connectivity index (χ3n) is 5.08. The Kier molecular flexibility index (Phi) is 3.88. The number of nitro groups is 1. The molecule has 1 N–H and O–H groups in total. The van der Waals surface area contributed by atoms with E-state index in [1.807, 2.05) is 24.3 Å². The maximum Gasteiger partial charge on any atom is 0.273 e. The lowest BCUT2D eigenvalue weighted by atomic mass is 9.76. The summed E-state index contributed by atoms with van der Waals surface area (Å²) in [5.41, 5.74) is 2.96. The van der Waals surface area contributed by atoms with Crippen LogP contribution in [0.3, 0.4) is 0 Å². The van der Waals surface area contributed by atoms with Crippen molar-refractivity contribution >= 4 is 23.0 Å². The van der Waals surface area contributed by atoms with Crippen LogP contribution in [0.15, 0.2) is 48.6 Å². The van der Waals surface area contributed by atoms with E-state index in [-0.39, 0.29) is 22.6 Å². The first-order chi connectivity index (χ1) is 12.1. The molecule has 0 aromatic heterocycles. The van der Waals surface area contributed by atoms with Crippen molar-refractivity contribution in [3.63, 3.8) is 0 Å². The number of anilines is 1. The Hall–Kier alpha value is -2.53. The predicted molar refractivity (Wildman–Crippen MR) is 97.5 cm³/mol. The fourth-order valence-electron chi connectivity index (χ4n) is 3.92. The molecule has 1 aliphatic carbocycles. The molecule has 0 saturated carbocycles. The number of non-ortho nitro benzene ring substituents is 1. The van der Waals surface area contributed by atoms with E-state index in [1.54, 1.807) is 6.07 Å². The molecular formula is C19H17ClN2O3. The highest BCUT2D eigenvalue weighted by atomic mass is 35.5. The van der Waals surface area contributed by atoms with Crippen LogP contribution >= 0.6 is 11.6 Å². The van der Waals surface area contributed by atoms with Crippen LogP contribution in [0.5, 0.6) is 5.75 Å². The number of rotatable bonds is 3. The Labute approximate surface area is 150 Å². The SMILES string of the molecule is COc1cc([N+](=O)[O-])cc2c1N[C@H](c1ccc(Cl)cc1)[C@@H]1CC=C[C@H]21. The van der Waals surface area contributed by atoms with Gasteiger partial charge in [0.25, 0.3) is 5.69 Å². The zero-order valence-corrected chi connectivity index (χ0v) is 14.4. The van der Waals surface area contributed by atoms with Gasteiger partial charge in [-0.05, 0) is 35.6 Å². The Morgan fingerprint density at radius 1 is 1.28 bits per heavy atom. The molecule has 2 aromatic rings. The molecule has 0 saturated heterocycles. The van der Waals surface area contributed by atoms with Crippen LogP contribution in [0.4, 0.5) is 11.4 Å². The zero-order chi connectivity index (χ0) is 17.6. The minimum Gasteiger partial charge on any atom is -0.494 e. The van der Waals surface area contributed by atoms with Crippen molar-refractivity contribution in [2.75, 3.05) is 12.4 Å². The molecule has 0 spiro atoms. The molecule has 0 amide bonds. The van der Waals surface area contributed by atoms with Crippen molar-refractivity contribution in [3.8, 4) is 5.75 Å². The van der Waals surface area contributed by atoms with E-state index in [9.17, 15) is 10.1 Å². The quantitative estimate of drug-likeness (QED) is 0.473. The van der Waals surface area contributed by atoms with Crippen LogP contribution in [-0.4, -0.2) is 12.0 Å². The highest BCUT2D eigenvalue weighted by molar-refractivity contribution is 6.30. The van der Waals surface area contributed by atoms with Gasteiger partial charge in [-0.2, -0.15) is 0 Å². The van der Waals surface area contributed by atoms with Gasteiger partial charge in [-0.25, -0.2) is 0 Å². The monoisotopic (exact) mass is 356 g/mol. The summed E-state index contributed by atoms with van der Waals surface area (Å²) in [5, 5.41) is 15.5. The van der Waals surface area contributed by atoms with E-state index in [2.05, 4.69) is 17.5 Å². The molecule has 128 valence electrons. The molecule has 3 atom stereocenters. The Bertz CT molecular complexity index is 864. The lowest BCUT2D eigenvalue weighted by Crippen LogP contribution is -2.29. The first-order valence-corrected chi connectivity index (χ1v) is 8.51. The summed E-state index contributed by atoms with van der Waals surface area (Å²) < 4.78 is 5.44. The summed E-state index contributed by atoms with van der Waals surface area (Å²) in [7, 11) is 1.54. The fourth-order valence-corrected chi connectivity index (χ4v) is 4.04. The zero-order valence-electron chi connectivity index (χ0n) is 13.6. The highest BCUT2D eigenvalue weighted by Gasteiger charge is 2.40. The van der Waals surface area contributed by atoms with E-state index < -0.39 is 0 Å². The van der Waals surface area contributed by atoms with Crippen LogP contribution in [0.1, 0.15) is 29.5 Å². The Morgan fingerprint density at radius 3 is 2.72 bits per heavy atom. The van der Waals surface area contributed by atoms with Crippen LogP contribution in [0.2, 0.25) is 5.02 Å². The molecule has 0 bridgehead atoms. The van der Waals surface area contributed by atoms with Crippen molar-refractivity contribution in [3.05, 3.63) is 74.8 Å². The maximum absolute atomic E-state index is 11.3. The molecule has 2 aromatic carbocycles. The lowest BCUT2D eigenvalue weighted by molar-refractivity contribution is -0.385. The topological polar surface area (TPSA) is 64.4 Å². The summed E-state index contributed by atoms with van der Waals surface area (Å²) in [6, 6.07) is 11.1. The first-order valence-electron chi connectivity index (χ1n) is 8.13. The van der Waals surface area contributed by atoms with Crippen molar-refractivity contribution < 1.29 is 9.66 Å². The van der Waals surface area contributed by atoms with Crippen molar-refractivity contribution in [1.29, 1.82) is 0 Å². The number of benzene rings is 2. The number of nitrogens with zero attached hydrogens (tertiary/aromatic N) is 1. The minimum absolute atomic E-state index is 0.0568. The smallest absolute Gasteiger partial charge is 0.273 e. The van der Waals surface area contributed by atoms with Gasteiger partial charge < -0.3 is 10.1 Å². The number of fused-ring (bicyclic) bond motifs is 3. The number of methoxy groups -OCH3 is 1. The number of nitro benzene ring substituents is 1. The van der Waals surface area contributed by atoms with Crippen LogP contribution in [-0.2, 0) is 0 Å². The average Bonchev–Trinajstić information content (AvgIpc) is 3.10. The van der Waals surface area contributed by atoms with Gasteiger partial charge in [0.05, 0.1) is 29.8 Å². The fraction of sp³-hybridized carbons (Fsp3) is 0.263. The standard InChI is InChI=1S/C19H17ClN2O3/c1-25-17-10-13(22(23)24)9-16-14-3-2-4-15(14)18(21-19(16)17)11-5-7-12(20)8-6-11/h2-3,5-10,14-15,18,21H,4H2,1H3/t14-,15+,18+/m0/s1. The van der Waals surface area contributed by atoms with E-state index in [1.165, 1.54) is 13.2 Å². The maximum atomic E-state index is 11.3. The summed E-state index contributed by atoms with van der Waals surface area (Å²) >= 11 is 6.02. The van der Waals surface area contributed by atoms with Gasteiger partial charge in [0.2, 0.25) is 0 Å². The number of hydrogen-bond donors (Lipinski definition) is 1. The molecule has 1 aliphatic heterocycles. The van der Waals surface area contributed by atoms with Gasteiger partial charge in [0.15, 0.2) is 0 Å². The largest absolute Gasteiger partial charge is 0.494 e. The normalized spacial score (nSPS) is 23.5. The van der Waals surface area contributed by atoms with Gasteiger partial charge in [0, 0.05) is 17.0 Å². The minimum atomic E-state index is -0.373. The molecule has 0 fully saturated rings. The molecule has 0 unspecified atom stereocenters. The van der Waals surface area contributed by atoms with Crippen LogP contribution in [0.25, 0.3) is 0 Å². The van der Waals surface area contributed by atoms with Crippen molar-refractivity contribution in [2.24, 2.45) is 5.92 Å². The first kappa shape index (κ1) is 16.0. The molecule has 2 aliphatic rings. The summed E-state index contributed by atoms with van der Waals surface area (Å²) in [6.07, 6.45) is 5.23. The summed E-state index contributed by atoms with van der Waals surface area (Å²) in [4.78, 5) is 10.9. The van der Waals surface area contributed by atoms with E-state index in [4.69, 9.17) is 16.3 Å². The second-order valence-electron chi connectivity index (χ2n) is 6.40. The molecule has 1 heterocycles. The summed E-state index contributed by atoms with van der Waals surface area (Å²) in [6.45, 7) is 0. The van der Waals surface area contributed by atoms with Gasteiger partial charge in [-0.15, -0.1) is 0 Å². The Morgan fingerprint density at radius 2 is 2.04 bits per heavy atom. The molecule has 6 heteroatoms. The average molecular weight is 357 g/mol. The third-order valence-corrected chi connectivity index (χ3v) is 5.33. The van der Waals surface area contributed by atoms with E-state index in [0.29, 0.717) is 16.7 Å². The number of nitrogens with one attached hydrogen (secondary N) is 1. The van der Waals surface area contributed by atoms with Crippen molar-refractivity contribution in [2.45, 2.75) is 18.4 Å². The number of ether oxygens (including phenoxy) is 1. The van der Waals surface area contributed by atoms with Crippen LogP contribution in [0, 0.1) is 16.0 Å². The second-order valence-corrected chi connectivity index (χ2v) is 6.83. The van der Waals surface area contributed by atoms with Gasteiger partial charge in [-0.3, -0.25) is 10.1 Å². The van der Waals surface area contributed by atoms with E-state index in [0.717, 1.165) is 23.2 Å². The number of halogens is 1. The molecule has 25 heavy (non-hydrogen) atoms. The molecule has 5 nitrogen and oxygen atoms in total. The third kappa shape index (κ3) is 2.65. The van der Waals surface area contributed by atoms with E-state index >= 15 is 0 Å².